The van der Waals surface area contributed by atoms with Crippen LogP contribution in [0.4, 0.5) is 0 Å². The summed E-state index contributed by atoms with van der Waals surface area (Å²) in [5.74, 6) is 0.902. The maximum absolute atomic E-state index is 9.51. The second-order valence-corrected chi connectivity index (χ2v) is 5.76. The van der Waals surface area contributed by atoms with Gasteiger partial charge in [0.1, 0.15) is 12.4 Å². The number of hydrogen-bond donors (Lipinski definition) is 1. The van der Waals surface area contributed by atoms with Crippen LogP contribution in [0, 0.1) is 0 Å². The molecule has 0 amide bonds. The first-order valence-electron chi connectivity index (χ1n) is 8.04. The largest absolute Gasteiger partial charge is 0.489 e. The van der Waals surface area contributed by atoms with E-state index in [0.717, 1.165) is 30.0 Å². The Hall–Kier alpha value is -1.88. The molecule has 1 aliphatic rings. The smallest absolute Gasteiger partial charge is 0.124 e. The van der Waals surface area contributed by atoms with Crippen LogP contribution in [0.25, 0.3) is 0 Å². The highest BCUT2D eigenvalue weighted by molar-refractivity contribution is 5.33. The summed E-state index contributed by atoms with van der Waals surface area (Å²) in [5, 5.41) is 9.51. The van der Waals surface area contributed by atoms with E-state index >= 15 is 0 Å². The quantitative estimate of drug-likeness (QED) is 0.889. The first kappa shape index (κ1) is 16.0. The molecular formula is C19H23NO3. The molecular weight excluding hydrogens is 290 g/mol. The van der Waals surface area contributed by atoms with Gasteiger partial charge in [0.15, 0.2) is 0 Å². The molecule has 4 heteroatoms. The van der Waals surface area contributed by atoms with E-state index in [4.69, 9.17) is 9.47 Å². The van der Waals surface area contributed by atoms with E-state index in [2.05, 4.69) is 23.1 Å². The maximum atomic E-state index is 9.51. The number of para-hydroxylation sites is 1. The Morgan fingerprint density at radius 2 is 1.87 bits per heavy atom. The van der Waals surface area contributed by atoms with Crippen molar-refractivity contribution in [2.24, 2.45) is 0 Å². The lowest BCUT2D eigenvalue weighted by Crippen LogP contribution is -2.46. The second kappa shape index (κ2) is 8.11. The van der Waals surface area contributed by atoms with E-state index in [1.54, 1.807) is 0 Å². The lowest BCUT2D eigenvalue weighted by Gasteiger charge is -2.34. The Morgan fingerprint density at radius 3 is 2.70 bits per heavy atom. The lowest BCUT2D eigenvalue weighted by atomic mass is 10.1. The summed E-state index contributed by atoms with van der Waals surface area (Å²) in [6, 6.07) is 18.3. The van der Waals surface area contributed by atoms with Crippen LogP contribution < -0.4 is 4.74 Å². The Bertz CT molecular complexity index is 603. The average Bonchev–Trinajstić information content (AvgIpc) is 2.62. The molecule has 3 rings (SSSR count). The lowest BCUT2D eigenvalue weighted by molar-refractivity contribution is -0.0315. The van der Waals surface area contributed by atoms with Crippen molar-refractivity contribution in [3.8, 4) is 5.75 Å². The van der Waals surface area contributed by atoms with Gasteiger partial charge in [0, 0.05) is 18.7 Å². The Labute approximate surface area is 137 Å². The third-order valence-corrected chi connectivity index (χ3v) is 4.14. The normalized spacial score (nSPS) is 18.7. The third-order valence-electron chi connectivity index (χ3n) is 4.14. The van der Waals surface area contributed by atoms with Gasteiger partial charge in [-0.2, -0.15) is 0 Å². The molecule has 2 aromatic carbocycles. The van der Waals surface area contributed by atoms with Crippen molar-refractivity contribution in [3.05, 3.63) is 65.7 Å². The number of morpholine rings is 1. The molecule has 1 heterocycles. The molecule has 1 saturated heterocycles. The molecule has 1 fully saturated rings. The molecule has 0 bridgehead atoms. The fourth-order valence-electron chi connectivity index (χ4n) is 2.79. The summed E-state index contributed by atoms with van der Waals surface area (Å²) in [7, 11) is 0. The standard InChI is InChI=1S/C19H23NO3/c21-13-18-15-22-11-10-20(18)12-17-8-4-5-9-19(17)23-14-16-6-2-1-3-7-16/h1-9,18,21H,10-15H2/t18-/m0/s1. The van der Waals surface area contributed by atoms with Crippen LogP contribution in [0.15, 0.2) is 54.6 Å². The van der Waals surface area contributed by atoms with E-state index in [9.17, 15) is 5.11 Å². The van der Waals surface area contributed by atoms with Crippen molar-refractivity contribution in [2.75, 3.05) is 26.4 Å². The zero-order valence-corrected chi connectivity index (χ0v) is 13.2. The number of nitrogens with zero attached hydrogens (tertiary/aromatic N) is 1. The molecule has 2 aromatic rings. The van der Waals surface area contributed by atoms with Crippen LogP contribution in [-0.4, -0.2) is 42.4 Å². The molecule has 0 spiro atoms. The number of hydrogen-bond acceptors (Lipinski definition) is 4. The van der Waals surface area contributed by atoms with Gasteiger partial charge in [0.05, 0.1) is 25.9 Å². The molecule has 0 aromatic heterocycles. The van der Waals surface area contributed by atoms with Gasteiger partial charge in [0.25, 0.3) is 0 Å². The molecule has 1 atom stereocenters. The van der Waals surface area contributed by atoms with Crippen molar-refractivity contribution in [1.29, 1.82) is 0 Å². The fraction of sp³-hybridized carbons (Fsp3) is 0.368. The minimum atomic E-state index is 0.0610. The van der Waals surface area contributed by atoms with Gasteiger partial charge in [-0.25, -0.2) is 0 Å². The summed E-state index contributed by atoms with van der Waals surface area (Å²) >= 11 is 0. The van der Waals surface area contributed by atoms with Crippen LogP contribution in [0.3, 0.4) is 0 Å². The summed E-state index contributed by atoms with van der Waals surface area (Å²) in [5.41, 5.74) is 2.30. The maximum Gasteiger partial charge on any atom is 0.124 e. The average molecular weight is 313 g/mol. The van der Waals surface area contributed by atoms with E-state index in [1.807, 2.05) is 36.4 Å². The molecule has 0 radical (unpaired) electrons. The van der Waals surface area contributed by atoms with Crippen LogP contribution in [0.5, 0.6) is 5.75 Å². The summed E-state index contributed by atoms with van der Waals surface area (Å²) < 4.78 is 11.5. The summed E-state index contributed by atoms with van der Waals surface area (Å²) in [6.07, 6.45) is 0. The van der Waals surface area contributed by atoms with E-state index in [-0.39, 0.29) is 12.6 Å². The first-order chi connectivity index (χ1) is 11.4. The fourth-order valence-corrected chi connectivity index (χ4v) is 2.79. The molecule has 0 saturated carbocycles. The van der Waals surface area contributed by atoms with Gasteiger partial charge in [-0.15, -0.1) is 0 Å². The minimum Gasteiger partial charge on any atom is -0.489 e. The van der Waals surface area contributed by atoms with Gasteiger partial charge < -0.3 is 14.6 Å². The number of aliphatic hydroxyl groups is 1. The highest BCUT2D eigenvalue weighted by Gasteiger charge is 2.23. The Morgan fingerprint density at radius 1 is 1.09 bits per heavy atom. The third kappa shape index (κ3) is 4.32. The SMILES string of the molecule is OC[C@H]1COCCN1Cc1ccccc1OCc1ccccc1. The van der Waals surface area contributed by atoms with Gasteiger partial charge in [-0.3, -0.25) is 4.90 Å². The number of aliphatic hydroxyl groups excluding tert-OH is 1. The van der Waals surface area contributed by atoms with Crippen molar-refractivity contribution < 1.29 is 14.6 Å². The highest BCUT2D eigenvalue weighted by atomic mass is 16.5. The Balaban J connectivity index is 1.67. The van der Waals surface area contributed by atoms with Gasteiger partial charge >= 0.3 is 0 Å². The molecule has 0 unspecified atom stereocenters. The number of benzene rings is 2. The van der Waals surface area contributed by atoms with Crippen molar-refractivity contribution >= 4 is 0 Å². The highest BCUT2D eigenvalue weighted by Crippen LogP contribution is 2.23. The van der Waals surface area contributed by atoms with Crippen LogP contribution in [-0.2, 0) is 17.9 Å². The molecule has 23 heavy (non-hydrogen) atoms. The zero-order chi connectivity index (χ0) is 15.9. The van der Waals surface area contributed by atoms with E-state index in [0.29, 0.717) is 19.8 Å². The van der Waals surface area contributed by atoms with Crippen molar-refractivity contribution in [3.63, 3.8) is 0 Å². The van der Waals surface area contributed by atoms with Crippen molar-refractivity contribution in [2.45, 2.75) is 19.2 Å². The zero-order valence-electron chi connectivity index (χ0n) is 13.2. The molecule has 0 aliphatic carbocycles. The topological polar surface area (TPSA) is 41.9 Å². The number of ether oxygens (including phenoxy) is 2. The molecule has 1 aliphatic heterocycles. The summed E-state index contributed by atoms with van der Waals surface area (Å²) in [4.78, 5) is 2.26. The molecule has 1 N–H and O–H groups in total. The van der Waals surface area contributed by atoms with Crippen molar-refractivity contribution in [1.82, 2.24) is 4.90 Å². The van der Waals surface area contributed by atoms with E-state index in [1.165, 1.54) is 0 Å². The predicted molar refractivity (Wildman–Crippen MR) is 89.3 cm³/mol. The van der Waals surface area contributed by atoms with Crippen LogP contribution >= 0.6 is 0 Å². The summed E-state index contributed by atoms with van der Waals surface area (Å²) in [6.45, 7) is 3.57. The van der Waals surface area contributed by atoms with Gasteiger partial charge in [-0.05, 0) is 11.6 Å². The number of rotatable bonds is 6. The predicted octanol–water partition coefficient (Wildman–Crippen LogP) is 2.46. The first-order valence-corrected chi connectivity index (χ1v) is 8.04. The van der Waals surface area contributed by atoms with Gasteiger partial charge in [0.2, 0.25) is 0 Å². The van der Waals surface area contributed by atoms with Gasteiger partial charge in [-0.1, -0.05) is 48.5 Å². The molecule has 122 valence electrons. The van der Waals surface area contributed by atoms with E-state index < -0.39 is 0 Å². The second-order valence-electron chi connectivity index (χ2n) is 5.76. The van der Waals surface area contributed by atoms with Crippen LogP contribution in [0.2, 0.25) is 0 Å². The Kier molecular flexibility index (Phi) is 5.64. The minimum absolute atomic E-state index is 0.0610. The molecule has 4 nitrogen and oxygen atoms in total. The van der Waals surface area contributed by atoms with Crippen LogP contribution in [0.1, 0.15) is 11.1 Å². The monoisotopic (exact) mass is 313 g/mol.